The van der Waals surface area contributed by atoms with Gasteiger partial charge < -0.3 is 10.6 Å². The number of hydrogen-bond acceptors (Lipinski definition) is 3. The quantitative estimate of drug-likeness (QED) is 0.773. The van der Waals surface area contributed by atoms with Crippen LogP contribution in [0.1, 0.15) is 45.4 Å². The second-order valence-electron chi connectivity index (χ2n) is 4.77. The minimum atomic E-state index is -0.394. The number of rotatable bonds is 6. The predicted octanol–water partition coefficient (Wildman–Crippen LogP) is 1.69. The SMILES string of the molecule is CCC(=O)NC(CSC)C(=O)NC1CCCCC1. The Balaban J connectivity index is 2.44. The molecule has 1 aliphatic carbocycles. The van der Waals surface area contributed by atoms with Crippen LogP contribution in [0.2, 0.25) is 0 Å². The first kappa shape index (κ1) is 15.3. The highest BCUT2D eigenvalue weighted by atomic mass is 32.2. The van der Waals surface area contributed by atoms with Gasteiger partial charge in [-0.15, -0.1) is 0 Å². The molecule has 104 valence electrons. The standard InChI is InChI=1S/C13H24N2O2S/c1-3-12(16)15-11(9-18-2)13(17)14-10-7-5-4-6-8-10/h10-11H,3-9H2,1-2H3,(H,14,17)(H,15,16). The third kappa shape index (κ3) is 5.29. The lowest BCUT2D eigenvalue weighted by Crippen LogP contribution is -2.51. The van der Waals surface area contributed by atoms with E-state index in [2.05, 4.69) is 10.6 Å². The highest BCUT2D eigenvalue weighted by Gasteiger charge is 2.23. The van der Waals surface area contributed by atoms with E-state index in [4.69, 9.17) is 0 Å². The Morgan fingerprint density at radius 1 is 1.28 bits per heavy atom. The molecule has 0 radical (unpaired) electrons. The average molecular weight is 272 g/mol. The van der Waals surface area contributed by atoms with Crippen molar-refractivity contribution in [3.63, 3.8) is 0 Å². The molecular formula is C13H24N2O2S. The molecule has 0 spiro atoms. The van der Waals surface area contributed by atoms with Crippen LogP contribution in [0.15, 0.2) is 0 Å². The summed E-state index contributed by atoms with van der Waals surface area (Å²) in [5.74, 6) is 0.537. The zero-order valence-corrected chi connectivity index (χ0v) is 12.1. The minimum Gasteiger partial charge on any atom is -0.352 e. The number of hydrogen-bond donors (Lipinski definition) is 2. The van der Waals surface area contributed by atoms with Gasteiger partial charge in [-0.2, -0.15) is 11.8 Å². The van der Waals surface area contributed by atoms with Gasteiger partial charge in [-0.1, -0.05) is 26.2 Å². The Bertz CT molecular complexity index is 278. The summed E-state index contributed by atoms with van der Waals surface area (Å²) in [6.07, 6.45) is 8.16. The van der Waals surface area contributed by atoms with Crippen LogP contribution in [-0.4, -0.2) is 35.9 Å². The lowest BCUT2D eigenvalue weighted by molar-refractivity contribution is -0.128. The monoisotopic (exact) mass is 272 g/mol. The smallest absolute Gasteiger partial charge is 0.243 e. The summed E-state index contributed by atoms with van der Waals surface area (Å²) in [5.41, 5.74) is 0. The van der Waals surface area contributed by atoms with E-state index < -0.39 is 6.04 Å². The molecule has 0 aromatic rings. The molecule has 0 saturated heterocycles. The van der Waals surface area contributed by atoms with Gasteiger partial charge in [-0.3, -0.25) is 9.59 Å². The highest BCUT2D eigenvalue weighted by molar-refractivity contribution is 7.98. The van der Waals surface area contributed by atoms with Gasteiger partial charge in [0.2, 0.25) is 11.8 Å². The number of thioether (sulfide) groups is 1. The number of nitrogens with one attached hydrogen (secondary N) is 2. The maximum Gasteiger partial charge on any atom is 0.243 e. The van der Waals surface area contributed by atoms with E-state index in [0.29, 0.717) is 18.2 Å². The number of carbonyl (C=O) groups excluding carboxylic acids is 2. The molecule has 1 rings (SSSR count). The van der Waals surface area contributed by atoms with Crippen molar-refractivity contribution in [3.8, 4) is 0 Å². The Labute approximate surface area is 114 Å². The first-order chi connectivity index (χ1) is 8.67. The Morgan fingerprint density at radius 3 is 2.50 bits per heavy atom. The van der Waals surface area contributed by atoms with Crippen molar-refractivity contribution in [3.05, 3.63) is 0 Å². The van der Waals surface area contributed by atoms with Crippen LogP contribution in [0.4, 0.5) is 0 Å². The summed E-state index contributed by atoms with van der Waals surface area (Å²) in [6.45, 7) is 1.80. The molecule has 1 fully saturated rings. The average Bonchev–Trinajstić information content (AvgIpc) is 2.39. The fourth-order valence-electron chi connectivity index (χ4n) is 2.19. The zero-order chi connectivity index (χ0) is 13.4. The van der Waals surface area contributed by atoms with E-state index in [0.717, 1.165) is 12.8 Å². The molecule has 1 saturated carbocycles. The topological polar surface area (TPSA) is 58.2 Å². The van der Waals surface area contributed by atoms with Gasteiger partial charge >= 0.3 is 0 Å². The summed E-state index contributed by atoms with van der Waals surface area (Å²) in [5, 5.41) is 5.85. The molecule has 1 atom stereocenters. The summed E-state index contributed by atoms with van der Waals surface area (Å²) < 4.78 is 0. The fourth-order valence-corrected chi connectivity index (χ4v) is 2.76. The van der Waals surface area contributed by atoms with E-state index in [1.807, 2.05) is 6.26 Å². The number of carbonyl (C=O) groups is 2. The lowest BCUT2D eigenvalue weighted by Gasteiger charge is -2.25. The van der Waals surface area contributed by atoms with Crippen molar-refractivity contribution >= 4 is 23.6 Å². The van der Waals surface area contributed by atoms with Crippen LogP contribution >= 0.6 is 11.8 Å². The van der Waals surface area contributed by atoms with Crippen molar-refractivity contribution in [1.82, 2.24) is 10.6 Å². The molecule has 0 aliphatic heterocycles. The van der Waals surface area contributed by atoms with Crippen LogP contribution < -0.4 is 10.6 Å². The van der Waals surface area contributed by atoms with E-state index in [9.17, 15) is 9.59 Å². The second-order valence-corrected chi connectivity index (χ2v) is 5.68. The molecule has 4 nitrogen and oxygen atoms in total. The van der Waals surface area contributed by atoms with Gasteiger partial charge in [0.15, 0.2) is 0 Å². The van der Waals surface area contributed by atoms with Gasteiger partial charge in [-0.25, -0.2) is 0 Å². The summed E-state index contributed by atoms with van der Waals surface area (Å²) >= 11 is 1.58. The summed E-state index contributed by atoms with van der Waals surface area (Å²) in [7, 11) is 0. The molecular weight excluding hydrogens is 248 g/mol. The predicted molar refractivity (Wildman–Crippen MR) is 75.6 cm³/mol. The van der Waals surface area contributed by atoms with Crippen molar-refractivity contribution in [2.45, 2.75) is 57.5 Å². The van der Waals surface area contributed by atoms with Gasteiger partial charge in [0.05, 0.1) is 0 Å². The Hall–Kier alpha value is -0.710. The largest absolute Gasteiger partial charge is 0.352 e. The van der Waals surface area contributed by atoms with E-state index in [-0.39, 0.29) is 11.8 Å². The van der Waals surface area contributed by atoms with Gasteiger partial charge in [-0.05, 0) is 19.1 Å². The van der Waals surface area contributed by atoms with Crippen LogP contribution in [-0.2, 0) is 9.59 Å². The molecule has 18 heavy (non-hydrogen) atoms. The van der Waals surface area contributed by atoms with E-state index in [1.165, 1.54) is 19.3 Å². The molecule has 2 N–H and O–H groups in total. The molecule has 0 bridgehead atoms. The maximum absolute atomic E-state index is 12.1. The second kappa shape index (κ2) is 8.40. The molecule has 5 heteroatoms. The first-order valence-electron chi connectivity index (χ1n) is 6.76. The normalized spacial score (nSPS) is 18.1. The summed E-state index contributed by atoms with van der Waals surface area (Å²) in [6, 6.07) is -0.0940. The summed E-state index contributed by atoms with van der Waals surface area (Å²) in [4.78, 5) is 23.5. The molecule has 2 amide bonds. The van der Waals surface area contributed by atoms with E-state index in [1.54, 1.807) is 18.7 Å². The van der Waals surface area contributed by atoms with Crippen LogP contribution in [0.5, 0.6) is 0 Å². The number of amides is 2. The molecule has 1 aliphatic rings. The first-order valence-corrected chi connectivity index (χ1v) is 8.15. The Kier molecular flexibility index (Phi) is 7.16. The third-order valence-electron chi connectivity index (χ3n) is 3.26. The zero-order valence-electron chi connectivity index (χ0n) is 11.3. The van der Waals surface area contributed by atoms with Crippen LogP contribution in [0, 0.1) is 0 Å². The van der Waals surface area contributed by atoms with Crippen molar-refractivity contribution < 1.29 is 9.59 Å². The maximum atomic E-state index is 12.1. The molecule has 1 unspecified atom stereocenters. The fraction of sp³-hybridized carbons (Fsp3) is 0.846. The van der Waals surface area contributed by atoms with Crippen molar-refractivity contribution in [2.75, 3.05) is 12.0 Å². The van der Waals surface area contributed by atoms with Crippen LogP contribution in [0.3, 0.4) is 0 Å². The molecule has 0 aromatic heterocycles. The molecule has 0 heterocycles. The third-order valence-corrected chi connectivity index (χ3v) is 3.92. The Morgan fingerprint density at radius 2 is 1.94 bits per heavy atom. The van der Waals surface area contributed by atoms with Gasteiger partial charge in [0.25, 0.3) is 0 Å². The van der Waals surface area contributed by atoms with Crippen LogP contribution in [0.25, 0.3) is 0 Å². The van der Waals surface area contributed by atoms with E-state index >= 15 is 0 Å². The van der Waals surface area contributed by atoms with Gasteiger partial charge in [0, 0.05) is 18.2 Å². The minimum absolute atomic E-state index is 0.0296. The molecule has 0 aromatic carbocycles. The van der Waals surface area contributed by atoms with Crippen molar-refractivity contribution in [2.24, 2.45) is 0 Å². The van der Waals surface area contributed by atoms with Gasteiger partial charge in [0.1, 0.15) is 6.04 Å². The lowest BCUT2D eigenvalue weighted by atomic mass is 9.95. The highest BCUT2D eigenvalue weighted by Crippen LogP contribution is 2.17. The van der Waals surface area contributed by atoms with Crippen molar-refractivity contribution in [1.29, 1.82) is 0 Å².